The molecule has 2 aliphatic rings. The highest BCUT2D eigenvalue weighted by atomic mass is 16.5. The van der Waals surface area contributed by atoms with Crippen LogP contribution in [0.3, 0.4) is 0 Å². The molecular weight excluding hydrogens is 394 g/mol. The summed E-state index contributed by atoms with van der Waals surface area (Å²) >= 11 is 0. The molecule has 0 spiro atoms. The molecule has 0 aromatic heterocycles. The molecule has 2 aromatic rings. The number of hydrogen-bond acceptors (Lipinski definition) is 6. The summed E-state index contributed by atoms with van der Waals surface area (Å²) in [7, 11) is 3.90. The molecule has 2 amide bonds. The van der Waals surface area contributed by atoms with Crippen molar-refractivity contribution in [3.63, 3.8) is 0 Å². The second-order valence-corrected chi connectivity index (χ2v) is 7.64. The molecule has 7 heteroatoms. The molecule has 1 fully saturated rings. The Morgan fingerprint density at radius 1 is 0.935 bits per heavy atom. The number of amides is 2. The maximum Gasteiger partial charge on any atom is 0.282 e. The fraction of sp³-hybridized carbons (Fsp3) is 0.333. The highest BCUT2D eigenvalue weighted by Crippen LogP contribution is 2.36. The van der Waals surface area contributed by atoms with E-state index in [4.69, 9.17) is 9.47 Å². The minimum atomic E-state index is -0.312. The van der Waals surface area contributed by atoms with Gasteiger partial charge in [-0.2, -0.15) is 0 Å². The highest BCUT2D eigenvalue weighted by Gasteiger charge is 2.42. The van der Waals surface area contributed by atoms with E-state index in [0.29, 0.717) is 55.4 Å². The van der Waals surface area contributed by atoms with Crippen LogP contribution in [0.25, 0.3) is 5.57 Å². The first-order valence-corrected chi connectivity index (χ1v) is 10.5. The lowest BCUT2D eigenvalue weighted by molar-refractivity contribution is -0.121. The van der Waals surface area contributed by atoms with Gasteiger partial charge in [-0.05, 0) is 48.9 Å². The first-order valence-electron chi connectivity index (χ1n) is 10.5. The van der Waals surface area contributed by atoms with Gasteiger partial charge in [0.1, 0.15) is 11.4 Å². The zero-order valence-electron chi connectivity index (χ0n) is 18.1. The van der Waals surface area contributed by atoms with Gasteiger partial charge >= 0.3 is 0 Å². The fourth-order valence-corrected chi connectivity index (χ4v) is 3.88. The Bertz CT molecular complexity index is 990. The lowest BCUT2D eigenvalue weighted by Crippen LogP contribution is -2.40. The van der Waals surface area contributed by atoms with E-state index < -0.39 is 0 Å². The number of ether oxygens (including phenoxy) is 2. The average molecular weight is 421 g/mol. The summed E-state index contributed by atoms with van der Waals surface area (Å²) in [5.41, 5.74) is 3.12. The van der Waals surface area contributed by atoms with Gasteiger partial charge in [0, 0.05) is 32.9 Å². The van der Waals surface area contributed by atoms with Gasteiger partial charge in [-0.15, -0.1) is 0 Å². The second-order valence-electron chi connectivity index (χ2n) is 7.64. The number of benzene rings is 2. The van der Waals surface area contributed by atoms with E-state index in [1.807, 2.05) is 79.3 Å². The van der Waals surface area contributed by atoms with Crippen molar-refractivity contribution in [3.05, 3.63) is 59.8 Å². The molecule has 2 aliphatic heterocycles. The van der Waals surface area contributed by atoms with E-state index in [1.165, 1.54) is 4.90 Å². The van der Waals surface area contributed by atoms with Gasteiger partial charge in [0.05, 0.1) is 31.1 Å². The number of carbonyl (C=O) groups excluding carboxylic acids is 2. The van der Waals surface area contributed by atoms with Gasteiger partial charge in [-0.3, -0.25) is 9.59 Å². The van der Waals surface area contributed by atoms with Gasteiger partial charge in [0.2, 0.25) is 0 Å². The van der Waals surface area contributed by atoms with Crippen molar-refractivity contribution >= 4 is 28.8 Å². The van der Waals surface area contributed by atoms with E-state index in [9.17, 15) is 9.59 Å². The Kier molecular flexibility index (Phi) is 5.95. The third-order valence-electron chi connectivity index (χ3n) is 5.47. The Balaban J connectivity index is 1.74. The van der Waals surface area contributed by atoms with Crippen molar-refractivity contribution in [2.75, 3.05) is 56.8 Å². The molecule has 0 aliphatic carbocycles. The molecule has 162 valence electrons. The average Bonchev–Trinajstić information content (AvgIpc) is 3.05. The number of imide groups is 1. The molecule has 2 aromatic carbocycles. The predicted molar refractivity (Wildman–Crippen MR) is 120 cm³/mol. The summed E-state index contributed by atoms with van der Waals surface area (Å²) in [6, 6.07) is 14.8. The number of nitrogens with zero attached hydrogens (tertiary/aromatic N) is 3. The monoisotopic (exact) mass is 421 g/mol. The first kappa shape index (κ1) is 20.9. The van der Waals surface area contributed by atoms with Crippen molar-refractivity contribution in [2.45, 2.75) is 6.92 Å². The molecule has 2 heterocycles. The second kappa shape index (κ2) is 8.81. The van der Waals surface area contributed by atoms with Crippen LogP contribution in [0, 0.1) is 0 Å². The Morgan fingerprint density at radius 2 is 1.58 bits per heavy atom. The largest absolute Gasteiger partial charge is 0.494 e. The number of morpholine rings is 1. The molecule has 0 saturated carbocycles. The van der Waals surface area contributed by atoms with Crippen LogP contribution in [-0.4, -0.2) is 63.7 Å². The zero-order valence-corrected chi connectivity index (χ0v) is 18.1. The van der Waals surface area contributed by atoms with E-state index in [0.717, 1.165) is 11.4 Å². The Labute approximate surface area is 182 Å². The maximum atomic E-state index is 13.5. The van der Waals surface area contributed by atoms with Crippen molar-refractivity contribution in [1.29, 1.82) is 0 Å². The summed E-state index contributed by atoms with van der Waals surface area (Å²) in [6.07, 6.45) is 0. The summed E-state index contributed by atoms with van der Waals surface area (Å²) in [6.45, 7) is 4.68. The molecule has 31 heavy (non-hydrogen) atoms. The number of hydrogen-bond donors (Lipinski definition) is 0. The van der Waals surface area contributed by atoms with Crippen LogP contribution < -0.4 is 14.5 Å². The van der Waals surface area contributed by atoms with E-state index in [1.54, 1.807) is 0 Å². The highest BCUT2D eigenvalue weighted by molar-refractivity contribution is 6.45. The fourth-order valence-electron chi connectivity index (χ4n) is 3.88. The van der Waals surface area contributed by atoms with Crippen molar-refractivity contribution in [2.24, 2.45) is 0 Å². The quantitative estimate of drug-likeness (QED) is 0.669. The van der Waals surface area contributed by atoms with Crippen molar-refractivity contribution in [1.82, 2.24) is 4.90 Å². The molecular formula is C24H27N3O4. The van der Waals surface area contributed by atoms with Crippen LogP contribution in [-0.2, 0) is 14.3 Å². The normalized spacial score (nSPS) is 16.9. The Morgan fingerprint density at radius 3 is 2.16 bits per heavy atom. The number of anilines is 2. The van der Waals surface area contributed by atoms with Gasteiger partial charge in [0.15, 0.2) is 0 Å². The van der Waals surface area contributed by atoms with E-state index >= 15 is 0 Å². The van der Waals surface area contributed by atoms with Crippen LogP contribution in [0.15, 0.2) is 54.2 Å². The van der Waals surface area contributed by atoms with Crippen molar-refractivity contribution in [3.8, 4) is 5.75 Å². The summed E-state index contributed by atoms with van der Waals surface area (Å²) in [5, 5.41) is 0. The summed E-state index contributed by atoms with van der Waals surface area (Å²) in [5.74, 6) is 0.120. The van der Waals surface area contributed by atoms with Crippen LogP contribution in [0.5, 0.6) is 5.75 Å². The molecule has 0 atom stereocenters. The van der Waals surface area contributed by atoms with Gasteiger partial charge in [0.25, 0.3) is 11.8 Å². The van der Waals surface area contributed by atoms with Crippen molar-refractivity contribution < 1.29 is 19.1 Å². The number of rotatable bonds is 6. The van der Waals surface area contributed by atoms with E-state index in [-0.39, 0.29) is 11.8 Å². The van der Waals surface area contributed by atoms with Crippen LogP contribution in [0.2, 0.25) is 0 Å². The smallest absolute Gasteiger partial charge is 0.282 e. The predicted octanol–water partition coefficient (Wildman–Crippen LogP) is 2.77. The van der Waals surface area contributed by atoms with Gasteiger partial charge in [-0.1, -0.05) is 12.1 Å². The molecule has 0 unspecified atom stereocenters. The molecule has 7 nitrogen and oxygen atoms in total. The van der Waals surface area contributed by atoms with Crippen LogP contribution >= 0.6 is 0 Å². The topological polar surface area (TPSA) is 62.3 Å². The summed E-state index contributed by atoms with van der Waals surface area (Å²) in [4.78, 5) is 32.3. The van der Waals surface area contributed by atoms with Gasteiger partial charge in [-0.25, -0.2) is 4.90 Å². The molecule has 0 bridgehead atoms. The third-order valence-corrected chi connectivity index (χ3v) is 5.47. The maximum absolute atomic E-state index is 13.5. The third kappa shape index (κ3) is 4.01. The minimum Gasteiger partial charge on any atom is -0.494 e. The minimum absolute atomic E-state index is 0.298. The molecule has 1 saturated heterocycles. The molecule has 0 radical (unpaired) electrons. The van der Waals surface area contributed by atoms with Crippen LogP contribution in [0.1, 0.15) is 12.5 Å². The zero-order chi connectivity index (χ0) is 22.0. The summed E-state index contributed by atoms with van der Waals surface area (Å²) < 4.78 is 11.0. The number of carbonyl (C=O) groups is 2. The first-order chi connectivity index (χ1) is 15.0. The van der Waals surface area contributed by atoms with Gasteiger partial charge < -0.3 is 19.3 Å². The lowest BCUT2D eigenvalue weighted by Gasteiger charge is -2.29. The molecule has 0 N–H and O–H groups in total. The lowest BCUT2D eigenvalue weighted by atomic mass is 10.0. The SMILES string of the molecule is CCOc1ccc(C2=C(N3CCOCC3)C(=O)N(c3ccc(N(C)C)cc3)C2=O)cc1. The standard InChI is InChI=1S/C24H27N3O4/c1-4-31-20-11-5-17(6-12-20)21-22(26-13-15-30-16-14-26)24(29)27(23(21)28)19-9-7-18(8-10-19)25(2)3/h5-12H,4,13-16H2,1-3H3. The molecule has 4 rings (SSSR count). The van der Waals surface area contributed by atoms with Crippen LogP contribution in [0.4, 0.5) is 11.4 Å². The van der Waals surface area contributed by atoms with E-state index in [2.05, 4.69) is 0 Å². The Hall–Kier alpha value is -3.32.